The first kappa shape index (κ1) is 12.3. The number of nitrogens with one attached hydrogen (secondary N) is 1. The van der Waals surface area contributed by atoms with Gasteiger partial charge in [-0.1, -0.05) is 0 Å². The summed E-state index contributed by atoms with van der Waals surface area (Å²) in [5, 5.41) is 21.4. The summed E-state index contributed by atoms with van der Waals surface area (Å²) in [7, 11) is 0. The van der Waals surface area contributed by atoms with Crippen molar-refractivity contribution in [2.75, 3.05) is 26.3 Å². The van der Waals surface area contributed by atoms with Crippen molar-refractivity contribution >= 4 is 11.9 Å². The molecule has 1 amide bonds. The number of nitrogens with zero attached hydrogens (tertiary/aromatic N) is 1. The van der Waals surface area contributed by atoms with Gasteiger partial charge in [-0.2, -0.15) is 0 Å². The summed E-state index contributed by atoms with van der Waals surface area (Å²) in [5.41, 5.74) is 0. The van der Waals surface area contributed by atoms with E-state index in [2.05, 4.69) is 5.32 Å². The van der Waals surface area contributed by atoms with Crippen LogP contribution in [0.5, 0.6) is 0 Å². The Kier molecular flexibility index (Phi) is 3.60. The van der Waals surface area contributed by atoms with Gasteiger partial charge in [-0.3, -0.25) is 4.79 Å². The van der Waals surface area contributed by atoms with Crippen LogP contribution in [0, 0.1) is 0 Å². The second-order valence-corrected chi connectivity index (χ2v) is 4.32. The minimum atomic E-state index is -1.08. The van der Waals surface area contributed by atoms with Crippen LogP contribution in [-0.2, 0) is 14.3 Å². The topological polar surface area (TPSA) is 99.1 Å². The molecule has 0 aliphatic carbocycles. The first-order chi connectivity index (χ1) is 8.09. The number of ether oxygens (including phenoxy) is 1. The number of amides is 1. The lowest BCUT2D eigenvalue weighted by Crippen LogP contribution is -2.54. The molecule has 2 heterocycles. The molecule has 96 valence electrons. The molecule has 0 aromatic carbocycles. The Morgan fingerprint density at radius 1 is 1.41 bits per heavy atom. The fourth-order valence-corrected chi connectivity index (χ4v) is 2.22. The molecule has 0 spiro atoms. The van der Waals surface area contributed by atoms with E-state index in [9.17, 15) is 14.7 Å². The summed E-state index contributed by atoms with van der Waals surface area (Å²) >= 11 is 0. The molecule has 0 saturated carbocycles. The zero-order chi connectivity index (χ0) is 12.4. The number of β-amino-alcohol motifs (C(OH)–C–C–N with tert-alkyl or cyclic N) is 1. The van der Waals surface area contributed by atoms with Crippen molar-refractivity contribution in [3.05, 3.63) is 0 Å². The molecule has 1 unspecified atom stereocenters. The van der Waals surface area contributed by atoms with Crippen molar-refractivity contribution in [2.24, 2.45) is 0 Å². The maximum atomic E-state index is 12.1. The highest BCUT2D eigenvalue weighted by Gasteiger charge is 2.41. The van der Waals surface area contributed by atoms with Crippen molar-refractivity contribution in [2.45, 2.75) is 24.6 Å². The van der Waals surface area contributed by atoms with Crippen molar-refractivity contribution < 1.29 is 24.5 Å². The third-order valence-electron chi connectivity index (χ3n) is 3.07. The summed E-state index contributed by atoms with van der Waals surface area (Å²) in [4.78, 5) is 24.3. The minimum Gasteiger partial charge on any atom is -0.480 e. The van der Waals surface area contributed by atoms with Crippen LogP contribution in [0.1, 0.15) is 6.42 Å². The van der Waals surface area contributed by atoms with Gasteiger partial charge in [-0.25, -0.2) is 4.79 Å². The summed E-state index contributed by atoms with van der Waals surface area (Å²) in [6.07, 6.45) is -0.668. The lowest BCUT2D eigenvalue weighted by Gasteiger charge is -2.29. The number of aliphatic carboxylic acids is 1. The molecular formula is C10H16N2O5. The number of morpholine rings is 1. The van der Waals surface area contributed by atoms with Gasteiger partial charge < -0.3 is 25.2 Å². The number of carbonyl (C=O) groups excluding carboxylic acids is 1. The van der Waals surface area contributed by atoms with E-state index in [4.69, 9.17) is 9.84 Å². The largest absolute Gasteiger partial charge is 0.480 e. The van der Waals surface area contributed by atoms with Crippen molar-refractivity contribution in [1.29, 1.82) is 0 Å². The van der Waals surface area contributed by atoms with Gasteiger partial charge in [0, 0.05) is 19.5 Å². The molecule has 17 heavy (non-hydrogen) atoms. The van der Waals surface area contributed by atoms with Gasteiger partial charge >= 0.3 is 5.97 Å². The van der Waals surface area contributed by atoms with E-state index in [1.807, 2.05) is 0 Å². The van der Waals surface area contributed by atoms with Gasteiger partial charge in [0.1, 0.15) is 12.1 Å². The maximum Gasteiger partial charge on any atom is 0.326 e. The zero-order valence-electron chi connectivity index (χ0n) is 9.33. The molecule has 2 rings (SSSR count). The van der Waals surface area contributed by atoms with Crippen molar-refractivity contribution in [1.82, 2.24) is 10.2 Å². The number of carbonyl (C=O) groups is 2. The van der Waals surface area contributed by atoms with E-state index in [0.717, 1.165) is 0 Å². The van der Waals surface area contributed by atoms with Gasteiger partial charge in [0.2, 0.25) is 5.91 Å². The minimum absolute atomic E-state index is 0.0774. The number of aliphatic hydroxyl groups excluding tert-OH is 1. The standard InChI is InChI=1S/C10H16N2O5/c13-6-3-8(10(15)16)12(4-6)9(14)7-5-17-2-1-11-7/h6-8,11,13H,1-5H2,(H,15,16)/t6-,7?,8-/m1/s1. The van der Waals surface area contributed by atoms with Crippen LogP contribution in [0.4, 0.5) is 0 Å². The Morgan fingerprint density at radius 3 is 2.76 bits per heavy atom. The smallest absolute Gasteiger partial charge is 0.326 e. The summed E-state index contributed by atoms with van der Waals surface area (Å²) < 4.78 is 5.17. The van der Waals surface area contributed by atoms with Crippen LogP contribution in [0.2, 0.25) is 0 Å². The Morgan fingerprint density at radius 2 is 2.18 bits per heavy atom. The molecule has 0 aromatic heterocycles. The van der Waals surface area contributed by atoms with Crippen LogP contribution in [0.3, 0.4) is 0 Å². The third kappa shape index (κ3) is 2.56. The Bertz CT molecular complexity index is 316. The number of likely N-dealkylation sites (tertiary alicyclic amines) is 1. The lowest BCUT2D eigenvalue weighted by molar-refractivity contribution is -0.150. The summed E-state index contributed by atoms with van der Waals surface area (Å²) in [5.74, 6) is -1.39. The van der Waals surface area contributed by atoms with E-state index >= 15 is 0 Å². The normalized spacial score (nSPS) is 33.7. The van der Waals surface area contributed by atoms with Gasteiger partial charge in [0.15, 0.2) is 0 Å². The maximum absolute atomic E-state index is 12.1. The summed E-state index contributed by atoms with van der Waals surface area (Å²) in [6.45, 7) is 1.45. The molecule has 2 saturated heterocycles. The molecule has 0 aromatic rings. The van der Waals surface area contributed by atoms with Crippen molar-refractivity contribution in [3.8, 4) is 0 Å². The highest BCUT2D eigenvalue weighted by atomic mass is 16.5. The van der Waals surface area contributed by atoms with Crippen LogP contribution in [0.15, 0.2) is 0 Å². The van der Waals surface area contributed by atoms with Gasteiger partial charge in [-0.05, 0) is 0 Å². The first-order valence-corrected chi connectivity index (χ1v) is 5.62. The van der Waals surface area contributed by atoms with Gasteiger partial charge in [0.25, 0.3) is 0 Å². The fourth-order valence-electron chi connectivity index (χ4n) is 2.22. The number of rotatable bonds is 2. The zero-order valence-corrected chi connectivity index (χ0v) is 9.33. The first-order valence-electron chi connectivity index (χ1n) is 5.62. The van der Waals surface area contributed by atoms with E-state index in [0.29, 0.717) is 13.2 Å². The number of carboxylic acid groups (broad SMARTS) is 1. The third-order valence-corrected chi connectivity index (χ3v) is 3.07. The van der Waals surface area contributed by atoms with E-state index in [1.54, 1.807) is 0 Å². The number of hydrogen-bond acceptors (Lipinski definition) is 5. The van der Waals surface area contributed by atoms with E-state index in [-0.39, 0.29) is 25.5 Å². The average molecular weight is 244 g/mol. The molecule has 3 atom stereocenters. The molecule has 7 heteroatoms. The van der Waals surface area contributed by atoms with E-state index in [1.165, 1.54) is 4.90 Å². The molecule has 2 aliphatic heterocycles. The molecule has 0 radical (unpaired) electrons. The van der Waals surface area contributed by atoms with Crippen LogP contribution in [0.25, 0.3) is 0 Å². The fraction of sp³-hybridized carbons (Fsp3) is 0.800. The highest BCUT2D eigenvalue weighted by molar-refractivity contribution is 5.87. The molecule has 2 fully saturated rings. The molecule has 2 aliphatic rings. The molecular weight excluding hydrogens is 228 g/mol. The van der Waals surface area contributed by atoms with Crippen LogP contribution < -0.4 is 5.32 Å². The number of aliphatic hydroxyl groups is 1. The number of carboxylic acids is 1. The average Bonchev–Trinajstić information content (AvgIpc) is 2.72. The quantitative estimate of drug-likeness (QED) is 0.520. The molecule has 0 bridgehead atoms. The van der Waals surface area contributed by atoms with Crippen molar-refractivity contribution in [3.63, 3.8) is 0 Å². The Labute approximate surface area is 98.3 Å². The number of hydrogen-bond donors (Lipinski definition) is 3. The molecule has 3 N–H and O–H groups in total. The van der Waals surface area contributed by atoms with Gasteiger partial charge in [-0.15, -0.1) is 0 Å². The van der Waals surface area contributed by atoms with Crippen LogP contribution >= 0.6 is 0 Å². The van der Waals surface area contributed by atoms with E-state index < -0.39 is 24.2 Å². The SMILES string of the molecule is O=C(O)[C@H]1C[C@@H](O)CN1C(=O)C1COCCN1. The second kappa shape index (κ2) is 4.99. The predicted octanol–water partition coefficient (Wildman–Crippen LogP) is -1.98. The summed E-state index contributed by atoms with van der Waals surface area (Å²) in [6, 6.07) is -1.43. The second-order valence-electron chi connectivity index (χ2n) is 4.32. The monoisotopic (exact) mass is 244 g/mol. The lowest BCUT2D eigenvalue weighted by atomic mass is 10.2. The Balaban J connectivity index is 2.04. The Hall–Kier alpha value is -1.18. The molecule has 7 nitrogen and oxygen atoms in total. The predicted molar refractivity (Wildman–Crippen MR) is 56.4 cm³/mol. The van der Waals surface area contributed by atoms with Crippen LogP contribution in [-0.4, -0.2) is 71.5 Å². The highest BCUT2D eigenvalue weighted by Crippen LogP contribution is 2.19. The van der Waals surface area contributed by atoms with Gasteiger partial charge in [0.05, 0.1) is 19.3 Å².